The molecule has 0 atom stereocenters. The number of benzene rings is 2. The molecule has 0 aliphatic rings. The molecule has 0 spiro atoms. The molecular formula is C18H18N4O. The fourth-order valence-electron chi connectivity index (χ4n) is 2.59. The van der Waals surface area contributed by atoms with Gasteiger partial charge in [0.25, 0.3) is 5.91 Å². The first-order valence-electron chi connectivity index (χ1n) is 7.39. The summed E-state index contributed by atoms with van der Waals surface area (Å²) in [5.41, 5.74) is 5.53. The van der Waals surface area contributed by atoms with Crippen molar-refractivity contribution in [1.29, 1.82) is 0 Å². The Kier molecular flexibility index (Phi) is 3.93. The molecule has 116 valence electrons. The largest absolute Gasteiger partial charge is 0.322 e. The number of carbonyl (C=O) groups excluding carboxylic acids is 1. The number of hydrogen-bond acceptors (Lipinski definition) is 3. The molecule has 1 N–H and O–H groups in total. The Balaban J connectivity index is 1.90. The van der Waals surface area contributed by atoms with Crippen LogP contribution in [-0.4, -0.2) is 20.7 Å². The Bertz CT molecular complexity index is 830. The van der Waals surface area contributed by atoms with Gasteiger partial charge in [-0.15, -0.1) is 10.2 Å². The summed E-state index contributed by atoms with van der Waals surface area (Å²) < 4.78 is 1.84. The Hall–Kier alpha value is -2.95. The molecule has 3 rings (SSSR count). The Morgan fingerprint density at radius 3 is 2.26 bits per heavy atom. The number of carbonyl (C=O) groups is 1. The minimum Gasteiger partial charge on any atom is -0.322 e. The van der Waals surface area contributed by atoms with Gasteiger partial charge >= 0.3 is 0 Å². The number of hydrogen-bond donors (Lipinski definition) is 1. The van der Waals surface area contributed by atoms with Gasteiger partial charge in [0.2, 0.25) is 0 Å². The highest BCUT2D eigenvalue weighted by Gasteiger charge is 2.11. The highest BCUT2D eigenvalue weighted by Crippen LogP contribution is 2.24. The van der Waals surface area contributed by atoms with E-state index in [1.54, 1.807) is 12.7 Å². The minimum absolute atomic E-state index is 0.100. The number of aryl methyl sites for hydroxylation is 3. The van der Waals surface area contributed by atoms with Crippen LogP contribution >= 0.6 is 0 Å². The first-order chi connectivity index (χ1) is 11.0. The molecule has 1 aromatic heterocycles. The zero-order chi connectivity index (χ0) is 16.4. The first kappa shape index (κ1) is 15.0. The van der Waals surface area contributed by atoms with Gasteiger partial charge in [-0.3, -0.25) is 9.36 Å². The number of aromatic nitrogens is 3. The highest BCUT2D eigenvalue weighted by atomic mass is 16.1. The van der Waals surface area contributed by atoms with E-state index in [1.807, 2.05) is 61.7 Å². The second-order valence-corrected chi connectivity index (χ2v) is 5.65. The smallest absolute Gasteiger partial charge is 0.255 e. The van der Waals surface area contributed by atoms with E-state index in [1.165, 1.54) is 0 Å². The maximum Gasteiger partial charge on any atom is 0.255 e. The van der Waals surface area contributed by atoms with Gasteiger partial charge in [-0.1, -0.05) is 17.7 Å². The monoisotopic (exact) mass is 306 g/mol. The van der Waals surface area contributed by atoms with Crippen LogP contribution in [0.3, 0.4) is 0 Å². The lowest BCUT2D eigenvalue weighted by Gasteiger charge is -2.14. The number of anilines is 1. The van der Waals surface area contributed by atoms with Crippen molar-refractivity contribution in [3.05, 3.63) is 71.3 Å². The Labute approximate surface area is 135 Å². The Morgan fingerprint density at radius 2 is 1.65 bits per heavy atom. The van der Waals surface area contributed by atoms with E-state index in [0.29, 0.717) is 5.56 Å². The van der Waals surface area contributed by atoms with Crippen molar-refractivity contribution in [2.45, 2.75) is 20.8 Å². The van der Waals surface area contributed by atoms with Gasteiger partial charge in [0.05, 0.1) is 0 Å². The second-order valence-electron chi connectivity index (χ2n) is 5.65. The van der Waals surface area contributed by atoms with Crippen LogP contribution in [0.25, 0.3) is 5.69 Å². The fourth-order valence-corrected chi connectivity index (χ4v) is 2.59. The molecule has 1 amide bonds. The van der Waals surface area contributed by atoms with Gasteiger partial charge in [0.15, 0.2) is 0 Å². The molecule has 0 aliphatic carbocycles. The fraction of sp³-hybridized carbons (Fsp3) is 0.167. The lowest BCUT2D eigenvalue weighted by atomic mass is 10.1. The van der Waals surface area contributed by atoms with Crippen molar-refractivity contribution in [3.8, 4) is 5.69 Å². The van der Waals surface area contributed by atoms with Crippen molar-refractivity contribution >= 4 is 11.6 Å². The molecule has 0 saturated heterocycles. The van der Waals surface area contributed by atoms with Gasteiger partial charge in [0.1, 0.15) is 12.7 Å². The molecule has 0 bridgehead atoms. The van der Waals surface area contributed by atoms with E-state index in [9.17, 15) is 4.79 Å². The molecule has 3 aromatic rings. The zero-order valence-corrected chi connectivity index (χ0v) is 13.4. The molecule has 5 nitrogen and oxygen atoms in total. The molecule has 0 unspecified atom stereocenters. The SMILES string of the molecule is Cc1cccc(C(=O)Nc2c(C)cc(-n3cnnc3)cc2C)c1. The molecular weight excluding hydrogens is 288 g/mol. The van der Waals surface area contributed by atoms with Crippen LogP contribution < -0.4 is 5.32 Å². The molecule has 23 heavy (non-hydrogen) atoms. The van der Waals surface area contributed by atoms with E-state index in [2.05, 4.69) is 15.5 Å². The van der Waals surface area contributed by atoms with Crippen LogP contribution in [0, 0.1) is 20.8 Å². The van der Waals surface area contributed by atoms with Crippen LogP contribution in [-0.2, 0) is 0 Å². The molecule has 0 aliphatic heterocycles. The van der Waals surface area contributed by atoms with Crippen molar-refractivity contribution in [2.24, 2.45) is 0 Å². The molecule has 1 heterocycles. The van der Waals surface area contributed by atoms with E-state index in [0.717, 1.165) is 28.1 Å². The van der Waals surface area contributed by atoms with Gasteiger partial charge in [0, 0.05) is 16.9 Å². The summed E-state index contributed by atoms with van der Waals surface area (Å²) in [6.07, 6.45) is 3.30. The molecule has 5 heteroatoms. The predicted octanol–water partition coefficient (Wildman–Crippen LogP) is 3.44. The third-order valence-corrected chi connectivity index (χ3v) is 3.75. The molecule has 0 radical (unpaired) electrons. The number of amides is 1. The summed E-state index contributed by atoms with van der Waals surface area (Å²) in [4.78, 5) is 12.4. The van der Waals surface area contributed by atoms with Gasteiger partial charge in [-0.05, 0) is 56.2 Å². The average Bonchev–Trinajstić information content (AvgIpc) is 3.05. The van der Waals surface area contributed by atoms with Crippen molar-refractivity contribution in [3.63, 3.8) is 0 Å². The Morgan fingerprint density at radius 1 is 1.00 bits per heavy atom. The third kappa shape index (κ3) is 3.13. The van der Waals surface area contributed by atoms with Crippen LogP contribution in [0.4, 0.5) is 5.69 Å². The summed E-state index contributed by atoms with van der Waals surface area (Å²) in [6.45, 7) is 5.93. The van der Waals surface area contributed by atoms with Crippen molar-refractivity contribution in [1.82, 2.24) is 14.8 Å². The van der Waals surface area contributed by atoms with E-state index < -0.39 is 0 Å². The van der Waals surface area contributed by atoms with Crippen molar-refractivity contribution < 1.29 is 4.79 Å². The summed E-state index contributed by atoms with van der Waals surface area (Å²) in [6, 6.07) is 11.6. The second kappa shape index (κ2) is 6.04. The number of nitrogens with zero attached hydrogens (tertiary/aromatic N) is 3. The van der Waals surface area contributed by atoms with Crippen LogP contribution in [0.15, 0.2) is 49.1 Å². The number of nitrogens with one attached hydrogen (secondary N) is 1. The minimum atomic E-state index is -0.100. The lowest BCUT2D eigenvalue weighted by Crippen LogP contribution is -2.14. The van der Waals surface area contributed by atoms with E-state index in [-0.39, 0.29) is 5.91 Å². The predicted molar refractivity (Wildman–Crippen MR) is 90.0 cm³/mol. The maximum absolute atomic E-state index is 12.4. The zero-order valence-electron chi connectivity index (χ0n) is 13.4. The lowest BCUT2D eigenvalue weighted by molar-refractivity contribution is 0.102. The summed E-state index contributed by atoms with van der Waals surface area (Å²) in [7, 11) is 0. The summed E-state index contributed by atoms with van der Waals surface area (Å²) in [5.74, 6) is -0.100. The topological polar surface area (TPSA) is 59.8 Å². The average molecular weight is 306 g/mol. The van der Waals surface area contributed by atoms with Crippen LogP contribution in [0.2, 0.25) is 0 Å². The standard InChI is InChI=1S/C18H18N4O/c1-12-5-4-6-15(7-12)18(23)21-17-13(2)8-16(9-14(17)3)22-10-19-20-11-22/h4-11H,1-3H3,(H,21,23). The van der Waals surface area contributed by atoms with Gasteiger partial charge in [-0.25, -0.2) is 0 Å². The first-order valence-corrected chi connectivity index (χ1v) is 7.39. The summed E-state index contributed by atoms with van der Waals surface area (Å²) in [5, 5.41) is 10.7. The van der Waals surface area contributed by atoms with Gasteiger partial charge in [-0.2, -0.15) is 0 Å². The molecule has 0 saturated carbocycles. The quantitative estimate of drug-likeness (QED) is 0.806. The molecule has 0 fully saturated rings. The third-order valence-electron chi connectivity index (χ3n) is 3.75. The highest BCUT2D eigenvalue weighted by molar-refractivity contribution is 6.05. The van der Waals surface area contributed by atoms with E-state index >= 15 is 0 Å². The summed E-state index contributed by atoms with van der Waals surface area (Å²) >= 11 is 0. The van der Waals surface area contributed by atoms with Gasteiger partial charge < -0.3 is 5.32 Å². The normalized spacial score (nSPS) is 10.6. The van der Waals surface area contributed by atoms with Crippen LogP contribution in [0.1, 0.15) is 27.0 Å². The van der Waals surface area contributed by atoms with E-state index in [4.69, 9.17) is 0 Å². The number of rotatable bonds is 3. The molecule has 2 aromatic carbocycles. The van der Waals surface area contributed by atoms with Crippen LogP contribution in [0.5, 0.6) is 0 Å². The maximum atomic E-state index is 12.4. The van der Waals surface area contributed by atoms with Crippen molar-refractivity contribution in [2.75, 3.05) is 5.32 Å².